The van der Waals surface area contributed by atoms with Crippen LogP contribution in [0.4, 0.5) is 11.6 Å². The summed E-state index contributed by atoms with van der Waals surface area (Å²) in [5, 5.41) is 12.1. The lowest BCUT2D eigenvalue weighted by Crippen LogP contribution is -2.29. The first-order valence-corrected chi connectivity index (χ1v) is 15.6. The number of hydrogen-bond acceptors (Lipinski definition) is 7. The number of para-hydroxylation sites is 1. The van der Waals surface area contributed by atoms with Gasteiger partial charge in [0.2, 0.25) is 0 Å². The minimum absolute atomic E-state index is 0.352. The predicted octanol–water partition coefficient (Wildman–Crippen LogP) is 7.93. The molecule has 2 aromatic carbocycles. The zero-order valence-electron chi connectivity index (χ0n) is 26.8. The van der Waals surface area contributed by atoms with Gasteiger partial charge < -0.3 is 20.7 Å². The van der Waals surface area contributed by atoms with Crippen LogP contribution in [0, 0.1) is 17.2 Å². The fourth-order valence-corrected chi connectivity index (χ4v) is 5.30. The molecule has 1 saturated carbocycles. The van der Waals surface area contributed by atoms with Gasteiger partial charge in [0.25, 0.3) is 0 Å². The second kappa shape index (κ2) is 19.6. The fraction of sp³-hybridized carbons (Fsp3) is 0.514. The van der Waals surface area contributed by atoms with E-state index in [0.29, 0.717) is 29.0 Å². The molecule has 1 aromatic heterocycles. The van der Waals surface area contributed by atoms with Crippen molar-refractivity contribution in [3.63, 3.8) is 0 Å². The highest BCUT2D eigenvalue weighted by Gasteiger charge is 2.26. The number of rotatable bonds is 11. The molecule has 1 heterocycles. The molecule has 0 radical (unpaired) electrons. The van der Waals surface area contributed by atoms with Crippen LogP contribution < -0.4 is 15.8 Å². The number of hydrogen-bond donors (Lipinski definition) is 3. The van der Waals surface area contributed by atoms with Gasteiger partial charge in [-0.05, 0) is 82.6 Å². The molecule has 0 spiro atoms. The molecule has 7 heteroatoms. The van der Waals surface area contributed by atoms with Gasteiger partial charge in [-0.2, -0.15) is 0 Å². The van der Waals surface area contributed by atoms with E-state index in [1.54, 1.807) is 7.11 Å². The lowest BCUT2D eigenvalue weighted by molar-refractivity contribution is 0.247. The van der Waals surface area contributed by atoms with Crippen LogP contribution in [0.15, 0.2) is 67.0 Å². The maximum Gasteiger partial charge on any atom is 0.141 e. The van der Waals surface area contributed by atoms with Crippen LogP contribution in [-0.2, 0) is 0 Å². The van der Waals surface area contributed by atoms with Gasteiger partial charge in [-0.15, -0.1) is 0 Å². The number of methoxy groups -OCH3 is 1. The van der Waals surface area contributed by atoms with Gasteiger partial charge >= 0.3 is 0 Å². The summed E-state index contributed by atoms with van der Waals surface area (Å²) < 4.78 is 4.91. The summed E-state index contributed by atoms with van der Waals surface area (Å²) in [6.45, 7) is 11.6. The quantitative estimate of drug-likeness (QED) is 0.201. The lowest BCUT2D eigenvalue weighted by atomic mass is 9.78. The molecule has 42 heavy (non-hydrogen) atoms. The summed E-state index contributed by atoms with van der Waals surface area (Å²) in [7, 11) is 3.84. The van der Waals surface area contributed by atoms with Gasteiger partial charge in [-0.3, -0.25) is 5.41 Å². The molecule has 1 atom stereocenters. The highest BCUT2D eigenvalue weighted by atomic mass is 16.5. The first-order valence-electron chi connectivity index (χ1n) is 15.6. The number of aromatic nitrogens is 2. The molecule has 0 aliphatic heterocycles. The fourth-order valence-electron chi connectivity index (χ4n) is 5.30. The molecule has 0 bridgehead atoms. The van der Waals surface area contributed by atoms with Crippen molar-refractivity contribution in [3.05, 3.63) is 78.1 Å². The minimum Gasteiger partial charge on any atom is -0.497 e. The van der Waals surface area contributed by atoms with Gasteiger partial charge in [0.1, 0.15) is 23.7 Å². The van der Waals surface area contributed by atoms with Crippen molar-refractivity contribution < 1.29 is 4.74 Å². The topological polar surface area (TPSA) is 100 Å². The third kappa shape index (κ3) is 11.8. The molecule has 0 amide bonds. The monoisotopic (exact) mass is 574 g/mol. The minimum atomic E-state index is 0.352. The molecule has 4 rings (SSSR count). The second-order valence-electron chi connectivity index (χ2n) is 11.2. The van der Waals surface area contributed by atoms with E-state index in [1.165, 1.54) is 51.5 Å². The van der Waals surface area contributed by atoms with Crippen molar-refractivity contribution in [3.8, 4) is 5.75 Å². The smallest absolute Gasteiger partial charge is 0.141 e. The van der Waals surface area contributed by atoms with Crippen molar-refractivity contribution in [2.75, 3.05) is 38.3 Å². The average molecular weight is 575 g/mol. The van der Waals surface area contributed by atoms with E-state index in [9.17, 15) is 0 Å². The first kappa shape index (κ1) is 34.7. The summed E-state index contributed by atoms with van der Waals surface area (Å²) in [6, 6.07) is 19.7. The number of nitrogens with zero attached hydrogens (tertiary/aromatic N) is 3. The molecule has 230 valence electrons. The predicted molar refractivity (Wildman–Crippen MR) is 179 cm³/mol. The van der Waals surface area contributed by atoms with Crippen LogP contribution in [0.25, 0.3) is 0 Å². The number of nitrogens with one attached hydrogen (secondary N) is 2. The Kier molecular flexibility index (Phi) is 16.2. The number of benzene rings is 2. The Morgan fingerprint density at radius 2 is 1.52 bits per heavy atom. The van der Waals surface area contributed by atoms with Crippen LogP contribution >= 0.6 is 0 Å². The molecular formula is C35H54N6O. The Hall–Kier alpha value is -3.45. The molecule has 1 aliphatic carbocycles. The maximum atomic E-state index is 8.58. The summed E-state index contributed by atoms with van der Waals surface area (Å²) in [5.74, 6) is 3.57. The largest absolute Gasteiger partial charge is 0.497 e. The second-order valence-corrected chi connectivity index (χ2v) is 11.2. The van der Waals surface area contributed by atoms with Crippen LogP contribution in [0.5, 0.6) is 5.75 Å². The molecule has 3 aromatic rings. The summed E-state index contributed by atoms with van der Waals surface area (Å²) in [5.41, 5.74) is 7.89. The van der Waals surface area contributed by atoms with Gasteiger partial charge in [0.15, 0.2) is 0 Å². The van der Waals surface area contributed by atoms with E-state index in [4.69, 9.17) is 15.9 Å². The van der Waals surface area contributed by atoms with E-state index in [0.717, 1.165) is 36.0 Å². The number of nitrogen functional groups attached to an aromatic ring is 1. The Morgan fingerprint density at radius 3 is 2.02 bits per heavy atom. The summed E-state index contributed by atoms with van der Waals surface area (Å²) in [4.78, 5) is 10.9. The van der Waals surface area contributed by atoms with Crippen molar-refractivity contribution in [2.45, 2.75) is 78.7 Å². The zero-order valence-corrected chi connectivity index (χ0v) is 26.8. The molecule has 1 fully saturated rings. The molecule has 1 unspecified atom stereocenters. The Bertz CT molecular complexity index is 1130. The van der Waals surface area contributed by atoms with Gasteiger partial charge in [0.05, 0.1) is 18.4 Å². The van der Waals surface area contributed by atoms with E-state index >= 15 is 0 Å². The van der Waals surface area contributed by atoms with Gasteiger partial charge in [-0.1, -0.05) is 82.6 Å². The number of anilines is 2. The van der Waals surface area contributed by atoms with Crippen LogP contribution in [0.2, 0.25) is 0 Å². The van der Waals surface area contributed by atoms with Crippen molar-refractivity contribution in [2.24, 2.45) is 11.8 Å². The van der Waals surface area contributed by atoms with E-state index < -0.39 is 0 Å². The molecule has 7 nitrogen and oxygen atoms in total. The van der Waals surface area contributed by atoms with Crippen molar-refractivity contribution >= 4 is 17.3 Å². The molecule has 1 aliphatic rings. The summed E-state index contributed by atoms with van der Waals surface area (Å²) >= 11 is 0. The van der Waals surface area contributed by atoms with Gasteiger partial charge in [-0.25, -0.2) is 9.97 Å². The third-order valence-corrected chi connectivity index (χ3v) is 7.94. The Balaban J connectivity index is 0.000000314. The van der Waals surface area contributed by atoms with E-state index in [2.05, 4.69) is 54.9 Å². The Morgan fingerprint density at radius 1 is 0.952 bits per heavy atom. The Labute approximate surface area is 254 Å². The molecule has 4 N–H and O–H groups in total. The maximum absolute atomic E-state index is 8.58. The average Bonchev–Trinajstić information content (AvgIpc) is 3.02. The highest BCUT2D eigenvalue weighted by molar-refractivity contribution is 6.16. The molecular weight excluding hydrogens is 520 g/mol. The molecule has 0 saturated heterocycles. The van der Waals surface area contributed by atoms with Crippen molar-refractivity contribution in [1.82, 2.24) is 14.9 Å². The zero-order chi connectivity index (χ0) is 30.7. The normalized spacial score (nSPS) is 16.7. The highest BCUT2D eigenvalue weighted by Crippen LogP contribution is 2.33. The lowest BCUT2D eigenvalue weighted by Gasteiger charge is -2.33. The number of ether oxygens (including phenoxy) is 1. The SMILES string of the molecule is CCC(C)C1CCC(Nc2ncnc(N)c2C(=N)c2ccccc2)CC1.CCCN(C)CCC.COc1ccccc1. The van der Waals surface area contributed by atoms with E-state index in [1.807, 2.05) is 60.7 Å². The van der Waals surface area contributed by atoms with Crippen LogP contribution in [0.3, 0.4) is 0 Å². The standard InChI is InChI=1S/C21H29N5.C7H17N.C7H8O/c1-3-14(2)15-9-11-17(12-10-15)26-21-18(20(23)24-13-25-21)19(22)16-7-5-4-6-8-16;1-4-6-8(3)7-5-2;1-8-7-5-3-2-4-6-7/h4-8,13-15,17,22H,3,9-12H2,1-2H3,(H3,23,24,25,26);4-7H2,1-3H3;2-6H,1H3. The van der Waals surface area contributed by atoms with E-state index in [-0.39, 0.29) is 0 Å². The number of nitrogens with two attached hydrogens (primary N) is 1. The third-order valence-electron chi connectivity index (χ3n) is 7.94. The summed E-state index contributed by atoms with van der Waals surface area (Å²) in [6.07, 6.45) is 10.0. The van der Waals surface area contributed by atoms with Crippen LogP contribution in [0.1, 0.15) is 83.8 Å². The first-order chi connectivity index (χ1) is 20.3. The van der Waals surface area contributed by atoms with Crippen molar-refractivity contribution in [1.29, 1.82) is 5.41 Å². The van der Waals surface area contributed by atoms with Gasteiger partial charge in [0, 0.05) is 11.6 Å². The van der Waals surface area contributed by atoms with Crippen LogP contribution in [-0.4, -0.2) is 53.9 Å².